The predicted molar refractivity (Wildman–Crippen MR) is 143 cm³/mol. The summed E-state index contributed by atoms with van der Waals surface area (Å²) in [6.45, 7) is 8.05. The third kappa shape index (κ3) is 7.74. The number of benzene rings is 1. The SMILES string of the molecule is CC(C)NC(=O)N(C)C[C@H]1Oc2ccc(NC(=O)NC3CCCCC3)cc2C(=O)N([C@@H](C)CO)C[C@H]1C. The second-order valence-corrected chi connectivity index (χ2v) is 10.8. The van der Waals surface area contributed by atoms with Gasteiger partial charge in [-0.25, -0.2) is 9.59 Å². The fraction of sp³-hybridized carbons (Fsp3) is 0.667. The van der Waals surface area contributed by atoms with Gasteiger partial charge in [0.25, 0.3) is 5.91 Å². The molecule has 37 heavy (non-hydrogen) atoms. The van der Waals surface area contributed by atoms with E-state index in [0.717, 1.165) is 25.7 Å². The number of carbonyl (C=O) groups excluding carboxylic acids is 3. The number of hydrogen-bond acceptors (Lipinski definition) is 5. The molecule has 1 aromatic rings. The van der Waals surface area contributed by atoms with Gasteiger partial charge >= 0.3 is 12.1 Å². The van der Waals surface area contributed by atoms with Gasteiger partial charge in [-0.1, -0.05) is 26.2 Å². The first kappa shape index (κ1) is 28.6. The maximum atomic E-state index is 13.6. The Morgan fingerprint density at radius 3 is 2.54 bits per heavy atom. The number of carbonyl (C=O) groups is 3. The van der Waals surface area contributed by atoms with Crippen LogP contribution in [0.4, 0.5) is 15.3 Å². The Morgan fingerprint density at radius 1 is 1.19 bits per heavy atom. The number of amides is 5. The summed E-state index contributed by atoms with van der Waals surface area (Å²) >= 11 is 0. The molecule has 1 aliphatic heterocycles. The highest BCUT2D eigenvalue weighted by Crippen LogP contribution is 2.31. The third-order valence-corrected chi connectivity index (χ3v) is 7.08. The van der Waals surface area contributed by atoms with E-state index in [9.17, 15) is 19.5 Å². The minimum Gasteiger partial charge on any atom is -0.487 e. The molecule has 0 unspecified atom stereocenters. The van der Waals surface area contributed by atoms with Gasteiger partial charge in [-0.2, -0.15) is 0 Å². The first-order valence-corrected chi connectivity index (χ1v) is 13.4. The maximum absolute atomic E-state index is 13.6. The van der Waals surface area contributed by atoms with Gasteiger partial charge in [0, 0.05) is 37.3 Å². The second kappa shape index (κ2) is 13.0. The van der Waals surface area contributed by atoms with Gasteiger partial charge in [0.1, 0.15) is 11.9 Å². The quantitative estimate of drug-likeness (QED) is 0.441. The monoisotopic (exact) mass is 517 g/mol. The molecule has 1 aliphatic carbocycles. The van der Waals surface area contributed by atoms with Crippen LogP contribution >= 0.6 is 0 Å². The van der Waals surface area contributed by atoms with Crippen LogP contribution in [0.2, 0.25) is 0 Å². The zero-order valence-corrected chi connectivity index (χ0v) is 22.8. The first-order valence-electron chi connectivity index (χ1n) is 13.4. The molecule has 0 bridgehead atoms. The zero-order valence-electron chi connectivity index (χ0n) is 22.8. The fourth-order valence-electron chi connectivity index (χ4n) is 4.83. The first-order chi connectivity index (χ1) is 17.6. The molecule has 1 aromatic carbocycles. The number of urea groups is 2. The van der Waals surface area contributed by atoms with Crippen LogP contribution in [0.1, 0.15) is 70.2 Å². The standard InChI is InChI=1S/C27H43N5O5/c1-17(2)28-27(36)31(5)15-24-18(3)14-32(19(4)16-33)25(34)22-13-21(11-12-23(22)37-24)30-26(35)29-20-9-7-6-8-10-20/h11-13,17-20,24,33H,6-10,14-16H2,1-5H3,(H,28,36)(H2,29,30,35)/t18-,19+,24-/m1/s1. The molecule has 206 valence electrons. The number of aliphatic hydroxyl groups excluding tert-OH is 1. The highest BCUT2D eigenvalue weighted by molar-refractivity contribution is 5.99. The van der Waals surface area contributed by atoms with Crippen molar-refractivity contribution < 1.29 is 24.2 Å². The molecular weight excluding hydrogens is 474 g/mol. The van der Waals surface area contributed by atoms with Crippen molar-refractivity contribution in [2.24, 2.45) is 5.92 Å². The number of nitrogens with one attached hydrogen (secondary N) is 3. The van der Waals surface area contributed by atoms with E-state index >= 15 is 0 Å². The molecule has 0 spiro atoms. The van der Waals surface area contributed by atoms with Crippen molar-refractivity contribution in [2.45, 2.75) is 84.0 Å². The average molecular weight is 518 g/mol. The Bertz CT molecular complexity index is 949. The van der Waals surface area contributed by atoms with Crippen molar-refractivity contribution >= 4 is 23.7 Å². The number of nitrogens with zero attached hydrogens (tertiary/aromatic N) is 2. The lowest BCUT2D eigenvalue weighted by Crippen LogP contribution is -2.51. The molecule has 1 heterocycles. The molecule has 0 saturated heterocycles. The highest BCUT2D eigenvalue weighted by Gasteiger charge is 2.34. The summed E-state index contributed by atoms with van der Waals surface area (Å²) in [5.41, 5.74) is 0.793. The lowest BCUT2D eigenvalue weighted by atomic mass is 9.96. The van der Waals surface area contributed by atoms with Gasteiger partial charge in [-0.15, -0.1) is 0 Å². The Hall–Kier alpha value is -3.01. The molecule has 5 amide bonds. The number of fused-ring (bicyclic) bond motifs is 1. The van der Waals surface area contributed by atoms with Crippen LogP contribution in [0.5, 0.6) is 5.75 Å². The number of rotatable bonds is 7. The second-order valence-electron chi connectivity index (χ2n) is 10.8. The van der Waals surface area contributed by atoms with Crippen LogP contribution in [0.3, 0.4) is 0 Å². The Kier molecular flexibility index (Phi) is 10.0. The summed E-state index contributed by atoms with van der Waals surface area (Å²) < 4.78 is 6.33. The lowest BCUT2D eigenvalue weighted by molar-refractivity contribution is 0.0366. The van der Waals surface area contributed by atoms with Gasteiger partial charge in [-0.3, -0.25) is 4.79 Å². The molecule has 3 rings (SSSR count). The van der Waals surface area contributed by atoms with E-state index in [0.29, 0.717) is 30.1 Å². The molecule has 0 aromatic heterocycles. The summed E-state index contributed by atoms with van der Waals surface area (Å²) in [6.07, 6.45) is 4.98. The van der Waals surface area contributed by atoms with Gasteiger partial charge in [-0.05, 0) is 51.8 Å². The number of aliphatic hydroxyl groups is 1. The molecule has 10 heteroatoms. The van der Waals surface area contributed by atoms with E-state index < -0.39 is 12.1 Å². The third-order valence-electron chi connectivity index (χ3n) is 7.08. The van der Waals surface area contributed by atoms with E-state index in [1.165, 1.54) is 6.42 Å². The summed E-state index contributed by atoms with van der Waals surface area (Å²) in [4.78, 5) is 41.9. The van der Waals surface area contributed by atoms with Gasteiger partial charge in [0.15, 0.2) is 0 Å². The minimum atomic E-state index is -0.408. The van der Waals surface area contributed by atoms with E-state index in [4.69, 9.17) is 4.74 Å². The Labute approximate surface area is 220 Å². The molecular formula is C27H43N5O5. The van der Waals surface area contributed by atoms with Crippen LogP contribution in [0.25, 0.3) is 0 Å². The van der Waals surface area contributed by atoms with Crippen LogP contribution in [-0.2, 0) is 0 Å². The Balaban J connectivity index is 1.83. The van der Waals surface area contributed by atoms with Crippen molar-refractivity contribution in [1.29, 1.82) is 0 Å². The summed E-state index contributed by atoms with van der Waals surface area (Å²) in [5.74, 6) is -0.00355. The molecule has 4 N–H and O–H groups in total. The van der Waals surface area contributed by atoms with Crippen molar-refractivity contribution in [3.63, 3.8) is 0 Å². The Morgan fingerprint density at radius 2 is 1.89 bits per heavy atom. The maximum Gasteiger partial charge on any atom is 0.319 e. The van der Waals surface area contributed by atoms with Gasteiger partial charge in [0.05, 0.1) is 24.8 Å². The van der Waals surface area contributed by atoms with Gasteiger partial charge < -0.3 is 35.6 Å². The van der Waals surface area contributed by atoms with Crippen LogP contribution in [0, 0.1) is 5.92 Å². The van der Waals surface area contributed by atoms with Crippen molar-refractivity contribution in [2.75, 3.05) is 32.1 Å². The molecule has 2 aliphatic rings. The number of likely N-dealkylation sites (N-methyl/N-ethyl adjacent to an activating group) is 1. The van der Waals surface area contributed by atoms with Crippen LogP contribution in [-0.4, -0.2) is 83.8 Å². The molecule has 1 fully saturated rings. The van der Waals surface area contributed by atoms with E-state index in [-0.39, 0.29) is 42.6 Å². The van der Waals surface area contributed by atoms with Crippen molar-refractivity contribution in [3.05, 3.63) is 23.8 Å². The number of anilines is 1. The fourth-order valence-corrected chi connectivity index (χ4v) is 4.83. The molecule has 10 nitrogen and oxygen atoms in total. The minimum absolute atomic E-state index is 0.00565. The van der Waals surface area contributed by atoms with E-state index in [2.05, 4.69) is 16.0 Å². The lowest BCUT2D eigenvalue weighted by Gasteiger charge is -2.38. The molecule has 0 radical (unpaired) electrons. The molecule has 3 atom stereocenters. The van der Waals surface area contributed by atoms with Crippen LogP contribution < -0.4 is 20.7 Å². The van der Waals surface area contributed by atoms with Crippen molar-refractivity contribution in [1.82, 2.24) is 20.4 Å². The van der Waals surface area contributed by atoms with E-state index in [1.54, 1.807) is 42.0 Å². The average Bonchev–Trinajstić information content (AvgIpc) is 2.86. The van der Waals surface area contributed by atoms with E-state index in [1.807, 2.05) is 20.8 Å². The largest absolute Gasteiger partial charge is 0.487 e. The normalized spacial score (nSPS) is 21.3. The highest BCUT2D eigenvalue weighted by atomic mass is 16.5. The van der Waals surface area contributed by atoms with Gasteiger partial charge in [0.2, 0.25) is 0 Å². The number of ether oxygens (including phenoxy) is 1. The number of hydrogen-bond donors (Lipinski definition) is 4. The molecule has 1 saturated carbocycles. The van der Waals surface area contributed by atoms with Crippen LogP contribution in [0.15, 0.2) is 18.2 Å². The zero-order chi connectivity index (χ0) is 27.1. The summed E-state index contributed by atoms with van der Waals surface area (Å²) in [6, 6.07) is 4.29. The summed E-state index contributed by atoms with van der Waals surface area (Å²) in [7, 11) is 1.71. The summed E-state index contributed by atoms with van der Waals surface area (Å²) in [5, 5.41) is 18.6. The topological polar surface area (TPSA) is 123 Å². The van der Waals surface area contributed by atoms with Crippen molar-refractivity contribution in [3.8, 4) is 5.75 Å². The predicted octanol–water partition coefficient (Wildman–Crippen LogP) is 3.41. The smallest absolute Gasteiger partial charge is 0.319 e.